The van der Waals surface area contributed by atoms with E-state index in [1.807, 2.05) is 18.7 Å². The number of aliphatic hydroxyl groups is 2. The van der Waals surface area contributed by atoms with Crippen molar-refractivity contribution in [3.63, 3.8) is 0 Å². The van der Waals surface area contributed by atoms with Gasteiger partial charge in [-0.25, -0.2) is 23.1 Å². The molecular formula is C39H48F6N4O3. The van der Waals surface area contributed by atoms with Crippen molar-refractivity contribution >= 4 is 5.95 Å². The summed E-state index contributed by atoms with van der Waals surface area (Å²) in [6.07, 6.45) is -2.46. The van der Waals surface area contributed by atoms with E-state index < -0.39 is 41.5 Å². The molecule has 2 N–H and O–H groups in total. The smallest absolute Gasteiger partial charge is 0.416 e. The maximum atomic E-state index is 17.3. The molecule has 3 heterocycles. The van der Waals surface area contributed by atoms with Crippen LogP contribution in [-0.4, -0.2) is 56.4 Å². The van der Waals surface area contributed by atoms with Gasteiger partial charge in [0.15, 0.2) is 11.9 Å². The lowest BCUT2D eigenvalue weighted by Crippen LogP contribution is -2.36. The molecule has 0 bridgehead atoms. The van der Waals surface area contributed by atoms with E-state index >= 15 is 4.39 Å². The molecule has 284 valence electrons. The van der Waals surface area contributed by atoms with Crippen molar-refractivity contribution in [2.45, 2.75) is 127 Å². The number of benzene rings is 1. The molecule has 13 heteroatoms. The van der Waals surface area contributed by atoms with Crippen LogP contribution in [0.3, 0.4) is 0 Å². The van der Waals surface area contributed by atoms with Gasteiger partial charge in [0.2, 0.25) is 11.9 Å². The molecule has 1 saturated heterocycles. The lowest BCUT2D eigenvalue weighted by atomic mass is 9.68. The molecular weight excluding hydrogens is 686 g/mol. The minimum Gasteiger partial charge on any atom is -0.490 e. The second-order valence-electron chi connectivity index (χ2n) is 16.2. The van der Waals surface area contributed by atoms with Gasteiger partial charge in [-0.05, 0) is 87.0 Å². The standard InChI is InChI=1S/C39H48F6N4O3/c1-36(2)19-28-31(29(50)20-36)30(23-9-13-38(41,42)14-10-23)32(33(40)24-5-7-26(8-6-24)39(43,44)45)34(48-28)25-11-16-49(17-12-25)35-46-21-27(22-47-35)52-18-15-37(3,4)51/h5-8,21-23,25,29,33,50-51H,9-20H2,1-4H3/t29?,33-/m0/s1. The quantitative estimate of drug-likeness (QED) is 0.212. The number of rotatable bonds is 9. The van der Waals surface area contributed by atoms with Crippen LogP contribution in [0.5, 0.6) is 5.75 Å². The fourth-order valence-electron chi connectivity index (χ4n) is 8.03. The Bertz CT molecular complexity index is 1690. The SMILES string of the molecule is CC(C)(O)CCOc1cnc(N2CCC(c3nc4c(c(C5CCC(F)(F)CC5)c3[C@@H](F)c3ccc(C(F)(F)F)cc3)C(O)CC(C)(C)C4)CC2)nc1. The van der Waals surface area contributed by atoms with Gasteiger partial charge >= 0.3 is 6.18 Å². The molecule has 0 amide bonds. The Labute approximate surface area is 300 Å². The Morgan fingerprint density at radius 2 is 1.56 bits per heavy atom. The van der Waals surface area contributed by atoms with Gasteiger partial charge in [0.1, 0.15) is 0 Å². The zero-order valence-electron chi connectivity index (χ0n) is 30.1. The van der Waals surface area contributed by atoms with E-state index in [2.05, 4.69) is 9.97 Å². The van der Waals surface area contributed by atoms with E-state index in [1.54, 1.807) is 26.2 Å². The minimum atomic E-state index is -4.60. The highest BCUT2D eigenvalue weighted by molar-refractivity contribution is 5.51. The molecule has 1 aromatic carbocycles. The molecule has 0 radical (unpaired) electrons. The molecule has 52 heavy (non-hydrogen) atoms. The number of alkyl halides is 6. The molecule has 1 aliphatic heterocycles. The summed E-state index contributed by atoms with van der Waals surface area (Å²) in [5, 5.41) is 21.5. The van der Waals surface area contributed by atoms with Crippen LogP contribution in [0.2, 0.25) is 0 Å². The van der Waals surface area contributed by atoms with Crippen molar-refractivity contribution in [3.05, 3.63) is 75.9 Å². The number of pyridine rings is 1. The number of halogens is 6. The maximum absolute atomic E-state index is 17.3. The lowest BCUT2D eigenvalue weighted by molar-refractivity contribution is -0.137. The summed E-state index contributed by atoms with van der Waals surface area (Å²) in [5.74, 6) is -2.59. The highest BCUT2D eigenvalue weighted by atomic mass is 19.4. The topological polar surface area (TPSA) is 91.6 Å². The third-order valence-electron chi connectivity index (χ3n) is 10.8. The number of anilines is 1. The first-order chi connectivity index (χ1) is 24.3. The van der Waals surface area contributed by atoms with Crippen molar-refractivity contribution in [1.29, 1.82) is 0 Å². The van der Waals surface area contributed by atoms with Gasteiger partial charge in [0.25, 0.3) is 0 Å². The van der Waals surface area contributed by atoms with Gasteiger partial charge < -0.3 is 19.8 Å². The molecule has 0 spiro atoms. The van der Waals surface area contributed by atoms with Crippen molar-refractivity contribution in [2.24, 2.45) is 5.41 Å². The highest BCUT2D eigenvalue weighted by Crippen LogP contribution is 2.52. The first-order valence-electron chi connectivity index (χ1n) is 18.2. The summed E-state index contributed by atoms with van der Waals surface area (Å²) < 4.78 is 92.3. The van der Waals surface area contributed by atoms with Crippen LogP contribution >= 0.6 is 0 Å². The Morgan fingerprint density at radius 3 is 2.13 bits per heavy atom. The molecule has 2 fully saturated rings. The van der Waals surface area contributed by atoms with Gasteiger partial charge in [0.05, 0.1) is 42.0 Å². The summed E-state index contributed by atoms with van der Waals surface area (Å²) in [6.45, 7) is 8.78. The maximum Gasteiger partial charge on any atom is 0.416 e. The van der Waals surface area contributed by atoms with Crippen LogP contribution in [0, 0.1) is 5.41 Å². The minimum absolute atomic E-state index is 0.0136. The van der Waals surface area contributed by atoms with Crippen molar-refractivity contribution in [2.75, 3.05) is 24.6 Å². The van der Waals surface area contributed by atoms with Gasteiger partial charge in [-0.3, -0.25) is 4.98 Å². The Kier molecular flexibility index (Phi) is 10.6. The molecule has 6 rings (SSSR count). The van der Waals surface area contributed by atoms with Crippen LogP contribution in [0.15, 0.2) is 36.7 Å². The first-order valence-corrected chi connectivity index (χ1v) is 18.2. The second-order valence-corrected chi connectivity index (χ2v) is 16.2. The van der Waals surface area contributed by atoms with Gasteiger partial charge in [-0.2, -0.15) is 13.2 Å². The molecule has 3 aliphatic rings. The largest absolute Gasteiger partial charge is 0.490 e. The van der Waals surface area contributed by atoms with Crippen LogP contribution in [0.1, 0.15) is 142 Å². The highest BCUT2D eigenvalue weighted by Gasteiger charge is 2.44. The van der Waals surface area contributed by atoms with Gasteiger partial charge in [-0.15, -0.1) is 0 Å². The summed E-state index contributed by atoms with van der Waals surface area (Å²) >= 11 is 0. The fraction of sp³-hybridized carbons (Fsp3) is 0.615. The molecule has 2 atom stereocenters. The number of hydrogen-bond donors (Lipinski definition) is 2. The molecule has 2 aliphatic carbocycles. The normalized spacial score (nSPS) is 21.8. The van der Waals surface area contributed by atoms with Gasteiger partial charge in [0, 0.05) is 55.1 Å². The van der Waals surface area contributed by atoms with Crippen LogP contribution < -0.4 is 9.64 Å². The number of nitrogens with zero attached hydrogens (tertiary/aromatic N) is 4. The van der Waals surface area contributed by atoms with E-state index in [9.17, 15) is 32.2 Å². The van der Waals surface area contributed by atoms with Gasteiger partial charge in [-0.1, -0.05) is 26.0 Å². The van der Waals surface area contributed by atoms with E-state index in [0.29, 0.717) is 86.0 Å². The molecule has 1 saturated carbocycles. The van der Waals surface area contributed by atoms with Crippen LogP contribution in [0.4, 0.5) is 32.3 Å². The van der Waals surface area contributed by atoms with Crippen LogP contribution in [0.25, 0.3) is 0 Å². The zero-order chi connectivity index (χ0) is 37.6. The Morgan fingerprint density at radius 1 is 0.942 bits per heavy atom. The second kappa shape index (κ2) is 14.4. The number of hydrogen-bond acceptors (Lipinski definition) is 7. The Hall–Kier alpha value is -3.45. The van der Waals surface area contributed by atoms with Crippen molar-refractivity contribution in [1.82, 2.24) is 15.0 Å². The fourth-order valence-corrected chi connectivity index (χ4v) is 8.03. The molecule has 2 aromatic heterocycles. The number of fused-ring (bicyclic) bond motifs is 1. The Balaban J connectivity index is 1.36. The van der Waals surface area contributed by atoms with Crippen molar-refractivity contribution < 1.29 is 41.3 Å². The van der Waals surface area contributed by atoms with Crippen molar-refractivity contribution in [3.8, 4) is 5.75 Å². The molecule has 7 nitrogen and oxygen atoms in total. The van der Waals surface area contributed by atoms with E-state index in [-0.39, 0.29) is 48.1 Å². The predicted octanol–water partition coefficient (Wildman–Crippen LogP) is 9.17. The third-order valence-corrected chi connectivity index (χ3v) is 10.8. The zero-order valence-corrected chi connectivity index (χ0v) is 30.1. The average Bonchev–Trinajstić information content (AvgIpc) is 3.06. The van der Waals surface area contributed by atoms with Crippen LogP contribution in [-0.2, 0) is 12.6 Å². The summed E-state index contributed by atoms with van der Waals surface area (Å²) in [7, 11) is 0. The summed E-state index contributed by atoms with van der Waals surface area (Å²) in [5.41, 5.74) is 0.273. The predicted molar refractivity (Wildman–Crippen MR) is 184 cm³/mol. The molecule has 1 unspecified atom stereocenters. The average molecular weight is 735 g/mol. The van der Waals surface area contributed by atoms with E-state index in [1.165, 1.54) is 0 Å². The number of aliphatic hydroxyl groups excluding tert-OH is 1. The summed E-state index contributed by atoms with van der Waals surface area (Å²) in [6, 6.07) is 3.97. The monoisotopic (exact) mass is 734 g/mol. The van der Waals surface area contributed by atoms with E-state index in [4.69, 9.17) is 9.72 Å². The number of ether oxygens (including phenoxy) is 1. The third kappa shape index (κ3) is 8.67. The summed E-state index contributed by atoms with van der Waals surface area (Å²) in [4.78, 5) is 16.1. The number of aromatic nitrogens is 3. The molecule has 3 aromatic rings. The van der Waals surface area contributed by atoms with E-state index in [0.717, 1.165) is 24.3 Å². The number of piperidine rings is 1. The lowest BCUT2D eigenvalue weighted by Gasteiger charge is -2.41. The first kappa shape index (κ1) is 38.3.